The lowest BCUT2D eigenvalue weighted by atomic mass is 9.35. The van der Waals surface area contributed by atoms with Crippen molar-refractivity contribution in [1.29, 1.82) is 0 Å². The highest BCUT2D eigenvalue weighted by atomic mass is 16.6. The Morgan fingerprint density at radius 2 is 1.98 bits per heavy atom. The molecule has 2 aromatic carbocycles. The van der Waals surface area contributed by atoms with Crippen LogP contribution in [0.5, 0.6) is 17.2 Å². The minimum atomic E-state index is -0.682. The number of likely N-dealkylation sites (tertiary alicyclic amines) is 1. The molecule has 2 heterocycles. The summed E-state index contributed by atoms with van der Waals surface area (Å²) >= 11 is 0. The maximum absolute atomic E-state index is 13.2. The summed E-state index contributed by atoms with van der Waals surface area (Å²) in [6.07, 6.45) is 7.83. The van der Waals surface area contributed by atoms with Crippen molar-refractivity contribution >= 4 is 5.91 Å². The molecule has 0 radical (unpaired) electrons. The largest absolute Gasteiger partial charge is 0.508 e. The smallest absolute Gasteiger partial charge is 0.237 e. The van der Waals surface area contributed by atoms with Crippen molar-refractivity contribution in [2.24, 2.45) is 23.0 Å². The second-order valence-corrected chi connectivity index (χ2v) is 13.8. The summed E-state index contributed by atoms with van der Waals surface area (Å²) in [6, 6.07) is 10.5. The Balaban J connectivity index is 1.12. The predicted molar refractivity (Wildman–Crippen MR) is 153 cm³/mol. The van der Waals surface area contributed by atoms with E-state index in [0.29, 0.717) is 24.8 Å². The number of phenols is 2. The van der Waals surface area contributed by atoms with Crippen molar-refractivity contribution in [1.82, 2.24) is 10.2 Å². The molecule has 41 heavy (non-hydrogen) atoms. The molecule has 7 atom stereocenters. The Morgan fingerprint density at radius 1 is 1.17 bits per heavy atom. The summed E-state index contributed by atoms with van der Waals surface area (Å²) in [5.41, 5.74) is 9.12. The number of nitrogens with one attached hydrogen (secondary N) is 1. The molecular formula is C33H41N3O5. The number of amides is 1. The Labute approximate surface area is 241 Å². The van der Waals surface area contributed by atoms with Gasteiger partial charge in [-0.25, -0.2) is 0 Å². The average Bonchev–Trinajstić information content (AvgIpc) is 3.72. The fourth-order valence-electron chi connectivity index (χ4n) is 10.1. The van der Waals surface area contributed by atoms with Crippen LogP contribution in [0.3, 0.4) is 0 Å². The van der Waals surface area contributed by atoms with E-state index < -0.39 is 11.6 Å². The molecule has 5 fully saturated rings. The number of piperidine rings is 1. The third kappa shape index (κ3) is 3.41. The molecular weight excluding hydrogens is 518 g/mol. The molecule has 2 aliphatic heterocycles. The zero-order valence-corrected chi connectivity index (χ0v) is 23.8. The molecule has 218 valence electrons. The molecule has 2 spiro atoms. The molecule has 5 N–H and O–H groups in total. The minimum absolute atomic E-state index is 0.0146. The standard InChI is InChI=1S/C33H41N3O5/c1-40-33-11-10-31(16-22(33)17-35-29(39)24(34)14-19-4-7-23(37)8-5-19)26-15-21-6-9-25(38)28-27(21)32(31,30(33)41-28)12-13-36(26)18-20-2-3-20/h4-9,20,22,24,26,30,37-38H,2-3,10-18,34H2,1H3,(H,35,39)/t22-,24+,26-,30-,31-,32+,33-/m1/s1. The Bertz CT molecular complexity index is 1390. The molecule has 9 rings (SSSR count). The van der Waals surface area contributed by atoms with Gasteiger partial charge in [-0.2, -0.15) is 0 Å². The first-order chi connectivity index (χ1) is 19.8. The Kier molecular flexibility index (Phi) is 5.58. The molecule has 1 saturated heterocycles. The Hall–Kier alpha value is -2.81. The number of carbonyl (C=O) groups is 1. The van der Waals surface area contributed by atoms with E-state index in [4.69, 9.17) is 15.2 Å². The van der Waals surface area contributed by atoms with Crippen LogP contribution in [-0.2, 0) is 27.8 Å². The normalized spacial score (nSPS) is 36.9. The zero-order chi connectivity index (χ0) is 28.1. The van der Waals surface area contributed by atoms with Crippen molar-refractivity contribution in [2.75, 3.05) is 26.7 Å². The maximum Gasteiger partial charge on any atom is 0.237 e. The summed E-state index contributed by atoms with van der Waals surface area (Å²) in [5, 5.41) is 23.8. The summed E-state index contributed by atoms with van der Waals surface area (Å²) in [7, 11) is 1.80. The van der Waals surface area contributed by atoms with Crippen molar-refractivity contribution in [3.8, 4) is 17.2 Å². The zero-order valence-electron chi connectivity index (χ0n) is 23.8. The topological polar surface area (TPSA) is 117 Å². The minimum Gasteiger partial charge on any atom is -0.508 e. The van der Waals surface area contributed by atoms with Crippen LogP contribution in [-0.4, -0.2) is 71.6 Å². The number of nitrogens with zero attached hydrogens (tertiary/aromatic N) is 1. The molecule has 1 amide bonds. The van der Waals surface area contributed by atoms with Gasteiger partial charge in [0, 0.05) is 48.6 Å². The molecule has 0 unspecified atom stereocenters. The highest BCUT2D eigenvalue weighted by Gasteiger charge is 2.80. The molecule has 2 aromatic rings. The summed E-state index contributed by atoms with van der Waals surface area (Å²) in [6.45, 7) is 2.72. The number of methoxy groups -OCH3 is 1. The van der Waals surface area contributed by atoms with Crippen LogP contribution >= 0.6 is 0 Å². The van der Waals surface area contributed by atoms with E-state index >= 15 is 0 Å². The van der Waals surface area contributed by atoms with Gasteiger partial charge in [-0.1, -0.05) is 18.2 Å². The van der Waals surface area contributed by atoms with Crippen LogP contribution < -0.4 is 15.8 Å². The molecule has 4 saturated carbocycles. The first kappa shape index (κ1) is 25.9. The van der Waals surface area contributed by atoms with Gasteiger partial charge >= 0.3 is 0 Å². The number of nitrogens with two attached hydrogens (primary N) is 1. The van der Waals surface area contributed by atoms with Gasteiger partial charge < -0.3 is 30.7 Å². The highest BCUT2D eigenvalue weighted by Crippen LogP contribution is 2.76. The number of hydrogen-bond donors (Lipinski definition) is 4. The number of benzene rings is 2. The molecule has 5 aliphatic carbocycles. The molecule has 4 bridgehead atoms. The van der Waals surface area contributed by atoms with E-state index in [2.05, 4.69) is 16.3 Å². The summed E-state index contributed by atoms with van der Waals surface area (Å²) < 4.78 is 13.4. The van der Waals surface area contributed by atoms with Gasteiger partial charge in [0.05, 0.1) is 6.04 Å². The van der Waals surface area contributed by atoms with Gasteiger partial charge in [0.1, 0.15) is 17.5 Å². The number of phenolic OH excluding ortho intramolecular Hbond substituents is 2. The number of carbonyl (C=O) groups excluding carboxylic acids is 1. The van der Waals surface area contributed by atoms with E-state index in [0.717, 1.165) is 50.1 Å². The van der Waals surface area contributed by atoms with Crippen LogP contribution in [0.15, 0.2) is 36.4 Å². The van der Waals surface area contributed by atoms with Gasteiger partial charge in [-0.15, -0.1) is 0 Å². The number of aromatic hydroxyl groups is 2. The quantitative estimate of drug-likeness (QED) is 0.393. The van der Waals surface area contributed by atoms with Gasteiger partial charge in [0.2, 0.25) is 5.91 Å². The van der Waals surface area contributed by atoms with Crippen molar-refractivity contribution in [3.63, 3.8) is 0 Å². The second kappa shape index (κ2) is 8.85. The van der Waals surface area contributed by atoms with E-state index in [1.165, 1.54) is 30.5 Å². The maximum atomic E-state index is 13.2. The fraction of sp³-hybridized carbons (Fsp3) is 0.606. The van der Waals surface area contributed by atoms with Crippen molar-refractivity contribution in [3.05, 3.63) is 53.1 Å². The lowest BCUT2D eigenvalue weighted by Gasteiger charge is -2.74. The van der Waals surface area contributed by atoms with Crippen LogP contribution in [0, 0.1) is 17.3 Å². The molecule has 7 aliphatic rings. The van der Waals surface area contributed by atoms with Crippen LogP contribution in [0.1, 0.15) is 55.2 Å². The van der Waals surface area contributed by atoms with Gasteiger partial charge in [-0.3, -0.25) is 9.69 Å². The van der Waals surface area contributed by atoms with Gasteiger partial charge in [-0.05, 0) is 93.2 Å². The summed E-state index contributed by atoms with van der Waals surface area (Å²) in [5.74, 6) is 1.83. The third-order valence-corrected chi connectivity index (χ3v) is 12.1. The lowest BCUT2D eigenvalue weighted by molar-refractivity contribution is -0.276. The second-order valence-electron chi connectivity index (χ2n) is 13.8. The molecule has 8 heteroatoms. The summed E-state index contributed by atoms with van der Waals surface area (Å²) in [4.78, 5) is 16.0. The van der Waals surface area contributed by atoms with Gasteiger partial charge in [0.15, 0.2) is 11.5 Å². The first-order valence-corrected chi connectivity index (χ1v) is 15.4. The third-order valence-electron chi connectivity index (χ3n) is 12.1. The molecule has 0 aromatic heterocycles. The van der Waals surface area contributed by atoms with Crippen LogP contribution in [0.25, 0.3) is 0 Å². The SMILES string of the molecule is CO[C@]12CC[C@@]3(C[C@@H]1CNC(=O)[C@@H](N)Cc1ccc(O)cc1)[C@H]1Cc4ccc(O)c5c4[C@@]3(CCN1CC1CC1)[C@H]2O5. The van der Waals surface area contributed by atoms with E-state index in [-0.39, 0.29) is 40.3 Å². The molecule has 8 nitrogen and oxygen atoms in total. The monoisotopic (exact) mass is 559 g/mol. The van der Waals surface area contributed by atoms with Gasteiger partial charge in [0.25, 0.3) is 0 Å². The first-order valence-electron chi connectivity index (χ1n) is 15.4. The van der Waals surface area contributed by atoms with Crippen LogP contribution in [0.2, 0.25) is 0 Å². The van der Waals surface area contributed by atoms with E-state index in [1.807, 2.05) is 6.07 Å². The number of rotatable bonds is 8. The number of fused-ring (bicyclic) bond motifs is 2. The van der Waals surface area contributed by atoms with E-state index in [9.17, 15) is 15.0 Å². The van der Waals surface area contributed by atoms with Crippen molar-refractivity contribution in [2.45, 2.75) is 80.6 Å². The fourth-order valence-corrected chi connectivity index (χ4v) is 10.1. The van der Waals surface area contributed by atoms with E-state index in [1.54, 1.807) is 31.4 Å². The highest BCUT2D eigenvalue weighted by molar-refractivity contribution is 5.81. The number of hydrogen-bond acceptors (Lipinski definition) is 7. The van der Waals surface area contributed by atoms with Crippen LogP contribution in [0.4, 0.5) is 0 Å². The Morgan fingerprint density at radius 3 is 2.73 bits per heavy atom. The van der Waals surface area contributed by atoms with Crippen molar-refractivity contribution < 1.29 is 24.5 Å². The average molecular weight is 560 g/mol. The predicted octanol–water partition coefficient (Wildman–Crippen LogP) is 3.01. The lowest BCUT2D eigenvalue weighted by Crippen LogP contribution is -2.81. The number of ether oxygens (including phenoxy) is 2.